The molecule has 0 aromatic heterocycles. The van der Waals surface area contributed by atoms with Gasteiger partial charge < -0.3 is 19.8 Å². The summed E-state index contributed by atoms with van der Waals surface area (Å²) in [5.41, 5.74) is -0.0774. The monoisotopic (exact) mass is 216 g/mol. The molecule has 0 aliphatic carbocycles. The summed E-state index contributed by atoms with van der Waals surface area (Å²) in [6, 6.07) is 3.67. The Kier molecular flexibility index (Phi) is 3.35. The van der Waals surface area contributed by atoms with Gasteiger partial charge in [0, 0.05) is 0 Å². The third kappa shape index (κ3) is 2.63. The minimum atomic E-state index is -1.96. The smallest absolute Gasteiger partial charge is 0.512 e. The highest BCUT2D eigenvalue weighted by Gasteiger charge is 2.14. The molecule has 0 aliphatic heterocycles. The second-order valence-corrected chi connectivity index (χ2v) is 2.80. The molecule has 0 saturated heterocycles. The minimum absolute atomic E-state index is 0.0318. The summed E-state index contributed by atoms with van der Waals surface area (Å²) in [5.74, 6) is -1.08. The summed E-state index contributed by atoms with van der Waals surface area (Å²) >= 11 is 5.58. The molecule has 0 fully saturated rings. The Morgan fingerprint density at radius 3 is 2.50 bits per heavy atom. The van der Waals surface area contributed by atoms with Gasteiger partial charge in [0.05, 0.1) is 10.6 Å². The van der Waals surface area contributed by atoms with Crippen LogP contribution >= 0.6 is 11.6 Å². The van der Waals surface area contributed by atoms with Gasteiger partial charge in [0.25, 0.3) is 0 Å². The predicted molar refractivity (Wildman–Crippen MR) is 49.2 cm³/mol. The van der Waals surface area contributed by atoms with Crippen molar-refractivity contribution in [3.05, 3.63) is 28.8 Å². The van der Waals surface area contributed by atoms with Crippen molar-refractivity contribution < 1.29 is 24.6 Å². The summed E-state index contributed by atoms with van der Waals surface area (Å²) in [5, 5.41) is 25.5. The largest absolute Gasteiger partial charge is 0.707 e. The number of carboxylic acid groups (broad SMARTS) is 1. The first kappa shape index (κ1) is 10.8. The average Bonchev–Trinajstić information content (AvgIpc) is 2.01. The Bertz CT molecular complexity index is 354. The molecule has 0 bridgehead atoms. The van der Waals surface area contributed by atoms with Crippen molar-refractivity contribution in [2.75, 3.05) is 0 Å². The first-order chi connectivity index (χ1) is 6.50. The lowest BCUT2D eigenvalue weighted by Gasteiger charge is -2.05. The van der Waals surface area contributed by atoms with Gasteiger partial charge in [-0.1, -0.05) is 11.6 Å². The van der Waals surface area contributed by atoms with Gasteiger partial charge in [-0.25, -0.2) is 4.79 Å². The van der Waals surface area contributed by atoms with Crippen LogP contribution in [0.2, 0.25) is 5.02 Å². The van der Waals surface area contributed by atoms with Crippen LogP contribution in [0.15, 0.2) is 18.2 Å². The van der Waals surface area contributed by atoms with E-state index in [9.17, 15) is 4.79 Å². The van der Waals surface area contributed by atoms with Crippen molar-refractivity contribution in [3.63, 3.8) is 0 Å². The van der Waals surface area contributed by atoms with Crippen LogP contribution in [0.3, 0.4) is 0 Å². The van der Waals surface area contributed by atoms with Crippen LogP contribution in [0.5, 0.6) is 5.75 Å². The SMILES string of the molecule is O=C(O)c1ccc(OB(O)O)cc1Cl. The van der Waals surface area contributed by atoms with Crippen molar-refractivity contribution in [1.29, 1.82) is 0 Å². The van der Waals surface area contributed by atoms with Crippen molar-refractivity contribution >= 4 is 24.9 Å². The maximum atomic E-state index is 10.5. The summed E-state index contributed by atoms with van der Waals surface area (Å²) < 4.78 is 4.46. The average molecular weight is 216 g/mol. The van der Waals surface area contributed by atoms with E-state index in [0.717, 1.165) is 0 Å². The van der Waals surface area contributed by atoms with E-state index in [-0.39, 0.29) is 16.3 Å². The first-order valence-corrected chi connectivity index (χ1v) is 3.94. The number of benzene rings is 1. The first-order valence-electron chi connectivity index (χ1n) is 3.56. The van der Waals surface area contributed by atoms with E-state index in [2.05, 4.69) is 4.65 Å². The Balaban J connectivity index is 2.94. The molecule has 0 unspecified atom stereocenters. The van der Waals surface area contributed by atoms with Gasteiger partial charge >= 0.3 is 13.3 Å². The molecule has 74 valence electrons. The summed E-state index contributed by atoms with van der Waals surface area (Å²) in [6.07, 6.45) is 0. The second kappa shape index (κ2) is 4.32. The Hall–Kier alpha value is -1.24. The minimum Gasteiger partial charge on any atom is -0.512 e. The normalized spacial score (nSPS) is 9.64. The molecule has 0 heterocycles. The van der Waals surface area contributed by atoms with Crippen molar-refractivity contribution in [2.45, 2.75) is 0 Å². The molecule has 7 heteroatoms. The molecule has 5 nitrogen and oxygen atoms in total. The van der Waals surface area contributed by atoms with Crippen molar-refractivity contribution in [3.8, 4) is 5.75 Å². The van der Waals surface area contributed by atoms with Gasteiger partial charge in [-0.2, -0.15) is 0 Å². The number of hydrogen-bond acceptors (Lipinski definition) is 4. The van der Waals surface area contributed by atoms with E-state index in [1.807, 2.05) is 0 Å². The van der Waals surface area contributed by atoms with E-state index < -0.39 is 13.3 Å². The predicted octanol–water partition coefficient (Wildman–Crippen LogP) is 0.386. The standard InChI is InChI=1S/C7H6BClO5/c9-6-3-4(14-8(12)13)1-2-5(6)7(10)11/h1-3,12-13H,(H,10,11). The molecule has 0 saturated carbocycles. The Morgan fingerprint density at radius 1 is 1.43 bits per heavy atom. The van der Waals surface area contributed by atoms with Gasteiger partial charge in [-0.05, 0) is 18.2 Å². The lowest BCUT2D eigenvalue weighted by molar-refractivity contribution is 0.0697. The molecular formula is C7H6BClO5. The molecule has 1 aromatic carbocycles. The van der Waals surface area contributed by atoms with Gasteiger partial charge in [-0.3, -0.25) is 0 Å². The van der Waals surface area contributed by atoms with Crippen LogP contribution in [-0.4, -0.2) is 28.4 Å². The number of hydrogen-bond donors (Lipinski definition) is 3. The van der Waals surface area contributed by atoms with Crippen LogP contribution in [0.25, 0.3) is 0 Å². The van der Waals surface area contributed by atoms with Crippen LogP contribution in [0, 0.1) is 0 Å². The molecule has 0 amide bonds. The van der Waals surface area contributed by atoms with Crippen molar-refractivity contribution in [1.82, 2.24) is 0 Å². The van der Waals surface area contributed by atoms with Gasteiger partial charge in [0.1, 0.15) is 5.75 Å². The molecule has 0 aliphatic rings. The third-order valence-electron chi connectivity index (χ3n) is 1.41. The number of aromatic carboxylic acids is 1. The van der Waals surface area contributed by atoms with Crippen LogP contribution in [0.4, 0.5) is 0 Å². The lowest BCUT2D eigenvalue weighted by atomic mass is 10.2. The highest BCUT2D eigenvalue weighted by atomic mass is 35.5. The molecule has 0 radical (unpaired) electrons. The number of carboxylic acids is 1. The molecule has 1 aromatic rings. The fourth-order valence-corrected chi connectivity index (χ4v) is 1.12. The maximum absolute atomic E-state index is 10.5. The Labute approximate surface area is 84.7 Å². The fraction of sp³-hybridized carbons (Fsp3) is 0. The van der Waals surface area contributed by atoms with Crippen LogP contribution in [-0.2, 0) is 0 Å². The van der Waals surface area contributed by atoms with E-state index in [0.29, 0.717) is 0 Å². The van der Waals surface area contributed by atoms with E-state index >= 15 is 0 Å². The molecule has 3 N–H and O–H groups in total. The number of rotatable bonds is 3. The van der Waals surface area contributed by atoms with E-state index in [4.69, 9.17) is 26.8 Å². The molecular weight excluding hydrogens is 210 g/mol. The molecule has 0 atom stereocenters. The fourth-order valence-electron chi connectivity index (χ4n) is 0.864. The molecule has 14 heavy (non-hydrogen) atoms. The van der Waals surface area contributed by atoms with Gasteiger partial charge in [0.15, 0.2) is 0 Å². The molecule has 0 spiro atoms. The third-order valence-corrected chi connectivity index (χ3v) is 1.73. The zero-order chi connectivity index (χ0) is 10.7. The number of halogens is 1. The lowest BCUT2D eigenvalue weighted by Crippen LogP contribution is -2.20. The van der Waals surface area contributed by atoms with Crippen LogP contribution in [0.1, 0.15) is 10.4 Å². The number of carbonyl (C=O) groups is 1. The zero-order valence-electron chi connectivity index (χ0n) is 6.85. The molecule has 1 rings (SSSR count). The van der Waals surface area contributed by atoms with Crippen LogP contribution < -0.4 is 4.65 Å². The van der Waals surface area contributed by atoms with Gasteiger partial charge in [-0.15, -0.1) is 0 Å². The quantitative estimate of drug-likeness (QED) is 0.636. The maximum Gasteiger partial charge on any atom is 0.707 e. The highest BCUT2D eigenvalue weighted by Crippen LogP contribution is 2.22. The van der Waals surface area contributed by atoms with E-state index in [1.54, 1.807) is 0 Å². The highest BCUT2D eigenvalue weighted by molar-refractivity contribution is 6.35. The topological polar surface area (TPSA) is 87.0 Å². The Morgan fingerprint density at radius 2 is 2.07 bits per heavy atom. The summed E-state index contributed by atoms with van der Waals surface area (Å²) in [7, 11) is -1.96. The summed E-state index contributed by atoms with van der Waals surface area (Å²) in [4.78, 5) is 10.5. The van der Waals surface area contributed by atoms with Gasteiger partial charge in [0.2, 0.25) is 0 Å². The van der Waals surface area contributed by atoms with Crippen molar-refractivity contribution in [2.24, 2.45) is 0 Å². The second-order valence-electron chi connectivity index (χ2n) is 2.39. The van der Waals surface area contributed by atoms with E-state index in [1.165, 1.54) is 18.2 Å². The summed E-state index contributed by atoms with van der Waals surface area (Å²) in [6.45, 7) is 0. The zero-order valence-corrected chi connectivity index (χ0v) is 7.60.